The SMILES string of the molecule is Cc1cc(C)cc(-c2c3ccc(N4CCCc5ccccc54)cc3c(-c3cc(C)cc(C)c3)c3ccc(N4CCCc5ccccc54)cc23)c1. The highest BCUT2D eigenvalue weighted by Crippen LogP contribution is 2.48. The van der Waals surface area contributed by atoms with Crippen LogP contribution in [0, 0.1) is 27.7 Å². The molecule has 2 aliphatic rings. The van der Waals surface area contributed by atoms with Crippen molar-refractivity contribution in [2.75, 3.05) is 22.9 Å². The van der Waals surface area contributed by atoms with Crippen LogP contribution in [0.3, 0.4) is 0 Å². The lowest BCUT2D eigenvalue weighted by Gasteiger charge is -2.32. The summed E-state index contributed by atoms with van der Waals surface area (Å²) in [6.07, 6.45) is 4.60. The molecule has 0 unspecified atom stereocenters. The second-order valence-corrected chi connectivity index (χ2v) is 14.7. The first-order valence-corrected chi connectivity index (χ1v) is 18.3. The maximum Gasteiger partial charge on any atom is 0.0443 e. The molecular weight excluding hydrogens is 605 g/mol. The van der Waals surface area contributed by atoms with Crippen molar-refractivity contribution >= 4 is 44.3 Å². The van der Waals surface area contributed by atoms with Crippen molar-refractivity contribution in [1.82, 2.24) is 0 Å². The molecule has 0 spiro atoms. The van der Waals surface area contributed by atoms with E-state index in [1.54, 1.807) is 0 Å². The zero-order valence-electron chi connectivity index (χ0n) is 29.7. The zero-order valence-corrected chi connectivity index (χ0v) is 29.7. The van der Waals surface area contributed by atoms with Gasteiger partial charge < -0.3 is 9.80 Å². The van der Waals surface area contributed by atoms with Crippen LogP contribution in [-0.2, 0) is 12.8 Å². The van der Waals surface area contributed by atoms with Gasteiger partial charge >= 0.3 is 0 Å². The molecule has 2 heterocycles. The molecule has 0 aliphatic carbocycles. The van der Waals surface area contributed by atoms with E-state index in [-0.39, 0.29) is 0 Å². The summed E-state index contributed by atoms with van der Waals surface area (Å²) in [5, 5.41) is 5.24. The Kier molecular flexibility index (Phi) is 7.50. The number of benzene rings is 7. The fourth-order valence-corrected chi connectivity index (χ4v) is 9.00. The minimum atomic E-state index is 1.03. The van der Waals surface area contributed by atoms with Gasteiger partial charge in [-0.05, 0) is 145 Å². The molecular formula is C48H44N2. The average molecular weight is 649 g/mol. The van der Waals surface area contributed by atoms with Crippen LogP contribution in [0.5, 0.6) is 0 Å². The van der Waals surface area contributed by atoms with Gasteiger partial charge in [0.1, 0.15) is 0 Å². The number of para-hydroxylation sites is 2. The molecule has 0 bridgehead atoms. The lowest BCUT2D eigenvalue weighted by atomic mass is 9.84. The first-order chi connectivity index (χ1) is 24.4. The van der Waals surface area contributed by atoms with Gasteiger partial charge in [-0.25, -0.2) is 0 Å². The Bertz CT molecular complexity index is 2240. The second kappa shape index (κ2) is 12.2. The summed E-state index contributed by atoms with van der Waals surface area (Å²) in [6, 6.07) is 46.6. The van der Waals surface area contributed by atoms with Gasteiger partial charge in [0, 0.05) is 35.8 Å². The van der Waals surface area contributed by atoms with E-state index >= 15 is 0 Å². The molecule has 0 amide bonds. The third kappa shape index (κ3) is 5.26. The van der Waals surface area contributed by atoms with Crippen molar-refractivity contribution in [2.24, 2.45) is 0 Å². The largest absolute Gasteiger partial charge is 0.341 e. The number of rotatable bonds is 4. The van der Waals surface area contributed by atoms with Gasteiger partial charge in [-0.15, -0.1) is 0 Å². The number of hydrogen-bond acceptors (Lipinski definition) is 2. The van der Waals surface area contributed by atoms with Crippen molar-refractivity contribution in [3.63, 3.8) is 0 Å². The normalized spacial score (nSPS) is 14.2. The summed E-state index contributed by atoms with van der Waals surface area (Å²) in [4.78, 5) is 5.09. The summed E-state index contributed by atoms with van der Waals surface area (Å²) in [7, 11) is 0. The molecule has 0 radical (unpaired) electrons. The van der Waals surface area contributed by atoms with Crippen LogP contribution in [0.2, 0.25) is 0 Å². The molecule has 9 rings (SSSR count). The van der Waals surface area contributed by atoms with Crippen LogP contribution in [0.15, 0.2) is 121 Å². The van der Waals surface area contributed by atoms with Crippen molar-refractivity contribution in [3.05, 3.63) is 155 Å². The summed E-state index contributed by atoms with van der Waals surface area (Å²) in [6.45, 7) is 11.0. The molecule has 0 saturated heterocycles. The Morgan fingerprint density at radius 3 is 1.22 bits per heavy atom. The smallest absolute Gasteiger partial charge is 0.0443 e. The van der Waals surface area contributed by atoms with E-state index in [0.717, 1.165) is 38.8 Å². The summed E-state index contributed by atoms with van der Waals surface area (Å²) < 4.78 is 0. The average Bonchev–Trinajstić information content (AvgIpc) is 3.12. The minimum absolute atomic E-state index is 1.03. The molecule has 7 aromatic carbocycles. The molecule has 2 aliphatic heterocycles. The molecule has 246 valence electrons. The minimum Gasteiger partial charge on any atom is -0.341 e. The van der Waals surface area contributed by atoms with Gasteiger partial charge in [0.05, 0.1) is 0 Å². The Balaban J connectivity index is 1.38. The number of aryl methyl sites for hydroxylation is 6. The van der Waals surface area contributed by atoms with E-state index in [4.69, 9.17) is 0 Å². The van der Waals surface area contributed by atoms with E-state index < -0.39 is 0 Å². The van der Waals surface area contributed by atoms with Crippen LogP contribution >= 0.6 is 0 Å². The Morgan fingerprint density at radius 1 is 0.400 bits per heavy atom. The fourth-order valence-electron chi connectivity index (χ4n) is 9.00. The van der Waals surface area contributed by atoms with Crippen LogP contribution in [0.25, 0.3) is 43.8 Å². The summed E-state index contributed by atoms with van der Waals surface area (Å²) in [5.41, 5.74) is 18.5. The molecule has 7 aromatic rings. The van der Waals surface area contributed by atoms with Crippen molar-refractivity contribution < 1.29 is 0 Å². The monoisotopic (exact) mass is 648 g/mol. The second-order valence-electron chi connectivity index (χ2n) is 14.7. The standard InChI is InChI=1S/C48H44N2/c1-31-23-32(2)26-37(25-31)47-41-19-17-40(50-22-10-14-36-12-6-8-16-46(36)50)30-44(41)48(38-27-33(3)24-34(4)28-38)42-20-18-39(29-43(42)47)49-21-9-13-35-11-5-7-15-45(35)49/h5-8,11-12,15-20,23-30H,9-10,13-14,21-22H2,1-4H3. The molecule has 0 atom stereocenters. The first kappa shape index (κ1) is 30.7. The number of fused-ring (bicyclic) bond motifs is 4. The fraction of sp³-hybridized carbons (Fsp3) is 0.208. The Labute approximate surface area is 296 Å². The molecule has 0 saturated carbocycles. The number of nitrogens with zero attached hydrogens (tertiary/aromatic N) is 2. The topological polar surface area (TPSA) is 6.48 Å². The van der Waals surface area contributed by atoms with Crippen LogP contribution < -0.4 is 9.80 Å². The maximum absolute atomic E-state index is 2.54. The number of hydrogen-bond donors (Lipinski definition) is 0. The van der Waals surface area contributed by atoms with Crippen molar-refractivity contribution in [2.45, 2.75) is 53.4 Å². The van der Waals surface area contributed by atoms with E-state index in [1.807, 2.05) is 0 Å². The van der Waals surface area contributed by atoms with Gasteiger partial charge in [0.15, 0.2) is 0 Å². The van der Waals surface area contributed by atoms with E-state index in [1.165, 1.54) is 99.9 Å². The Morgan fingerprint density at radius 2 is 0.800 bits per heavy atom. The van der Waals surface area contributed by atoms with Crippen LogP contribution in [0.4, 0.5) is 22.7 Å². The van der Waals surface area contributed by atoms with Gasteiger partial charge in [-0.1, -0.05) is 107 Å². The Hall–Kier alpha value is -5.34. The third-order valence-corrected chi connectivity index (χ3v) is 10.9. The predicted molar refractivity (Wildman–Crippen MR) is 215 cm³/mol. The van der Waals surface area contributed by atoms with Gasteiger partial charge in [-0.2, -0.15) is 0 Å². The number of anilines is 4. The van der Waals surface area contributed by atoms with Crippen molar-refractivity contribution in [3.8, 4) is 22.3 Å². The van der Waals surface area contributed by atoms with E-state index in [9.17, 15) is 0 Å². The predicted octanol–water partition coefficient (Wildman–Crippen LogP) is 12.7. The third-order valence-electron chi connectivity index (χ3n) is 10.9. The van der Waals surface area contributed by atoms with Gasteiger partial charge in [0.25, 0.3) is 0 Å². The highest BCUT2D eigenvalue weighted by atomic mass is 15.1. The molecule has 2 heteroatoms. The molecule has 2 nitrogen and oxygen atoms in total. The van der Waals surface area contributed by atoms with Crippen LogP contribution in [-0.4, -0.2) is 13.1 Å². The summed E-state index contributed by atoms with van der Waals surface area (Å²) in [5.74, 6) is 0. The molecule has 50 heavy (non-hydrogen) atoms. The maximum atomic E-state index is 2.54. The highest BCUT2D eigenvalue weighted by Gasteiger charge is 2.24. The van der Waals surface area contributed by atoms with Gasteiger partial charge in [0.2, 0.25) is 0 Å². The lowest BCUT2D eigenvalue weighted by Crippen LogP contribution is -2.24. The lowest BCUT2D eigenvalue weighted by molar-refractivity contribution is 0.767. The highest BCUT2D eigenvalue weighted by molar-refractivity contribution is 6.22. The van der Waals surface area contributed by atoms with Crippen LogP contribution in [0.1, 0.15) is 46.2 Å². The zero-order chi connectivity index (χ0) is 33.9. The van der Waals surface area contributed by atoms with Gasteiger partial charge in [-0.3, -0.25) is 0 Å². The molecule has 0 fully saturated rings. The quantitative estimate of drug-likeness (QED) is 0.175. The van der Waals surface area contributed by atoms with E-state index in [0.29, 0.717) is 0 Å². The van der Waals surface area contributed by atoms with E-state index in [2.05, 4.69) is 159 Å². The molecule has 0 aromatic heterocycles. The van der Waals surface area contributed by atoms with Crippen molar-refractivity contribution in [1.29, 1.82) is 0 Å². The first-order valence-electron chi connectivity index (χ1n) is 18.3. The summed E-state index contributed by atoms with van der Waals surface area (Å²) >= 11 is 0. The molecule has 0 N–H and O–H groups in total.